The maximum atomic E-state index is 7.74. The fourth-order valence-corrected chi connectivity index (χ4v) is 16.6. The Hall–Kier alpha value is -2.04. The maximum absolute atomic E-state index is 7.74. The standard InChI is InChI=1S/C49H66N2O2/c1-7-21-40-32(14-1)33-15-2-8-22-41(33)50(40)31-28-29-38-47(30-31)52-45-26-11-5-18-36(45)49(38)37-19-6-12-27-46(37)53-48-39(49)20-13-25-44(48)51-42-23-9-3-16-34(42)35-17-4-10-24-43(35)51/h1,3,10,14,16,24-25,30-33,35-41,43,45-46,48H,2,4-9,11-13,15,17-23,26-29H2. The first-order valence-electron chi connectivity index (χ1n) is 23.3. The van der Waals surface area contributed by atoms with Crippen molar-refractivity contribution in [2.75, 3.05) is 0 Å². The van der Waals surface area contributed by atoms with Crippen LogP contribution < -0.4 is 0 Å². The lowest BCUT2D eigenvalue weighted by molar-refractivity contribution is -0.272. The molecule has 284 valence electrons. The van der Waals surface area contributed by atoms with Crippen molar-refractivity contribution in [1.82, 2.24) is 9.80 Å². The van der Waals surface area contributed by atoms with Crippen molar-refractivity contribution in [2.24, 2.45) is 46.8 Å². The number of rotatable bonds is 2. The van der Waals surface area contributed by atoms with Crippen molar-refractivity contribution in [1.29, 1.82) is 0 Å². The fourth-order valence-electron chi connectivity index (χ4n) is 16.6. The highest BCUT2D eigenvalue weighted by atomic mass is 16.5. The molecule has 0 aromatic carbocycles. The molecule has 0 aromatic heterocycles. The first kappa shape index (κ1) is 33.1. The van der Waals surface area contributed by atoms with Crippen LogP contribution in [0.2, 0.25) is 0 Å². The van der Waals surface area contributed by atoms with Gasteiger partial charge in [0.2, 0.25) is 0 Å². The molecular formula is C49H66N2O2. The zero-order valence-corrected chi connectivity index (χ0v) is 32.5. The second-order valence-corrected chi connectivity index (χ2v) is 20.0. The van der Waals surface area contributed by atoms with Crippen molar-refractivity contribution in [2.45, 2.75) is 184 Å². The lowest BCUT2D eigenvalue weighted by atomic mass is 9.42. The molecule has 0 radical (unpaired) electrons. The summed E-state index contributed by atoms with van der Waals surface area (Å²) < 4.78 is 15.3. The Balaban J connectivity index is 0.963. The third-order valence-electron chi connectivity index (χ3n) is 18.2. The van der Waals surface area contributed by atoms with Crippen LogP contribution in [0, 0.1) is 46.8 Å². The van der Waals surface area contributed by atoms with Gasteiger partial charge in [-0.15, -0.1) is 0 Å². The summed E-state index contributed by atoms with van der Waals surface area (Å²) in [6.45, 7) is 0. The van der Waals surface area contributed by atoms with Crippen LogP contribution in [0.4, 0.5) is 0 Å². The zero-order valence-electron chi connectivity index (χ0n) is 32.5. The Labute approximate surface area is 320 Å². The van der Waals surface area contributed by atoms with E-state index in [-0.39, 0.29) is 6.10 Å². The van der Waals surface area contributed by atoms with E-state index in [9.17, 15) is 0 Å². The maximum Gasteiger partial charge on any atom is 0.102 e. The molecule has 8 aliphatic carbocycles. The van der Waals surface area contributed by atoms with Crippen molar-refractivity contribution in [3.05, 3.63) is 71.3 Å². The quantitative estimate of drug-likeness (QED) is 0.266. The molecule has 3 saturated carbocycles. The smallest absolute Gasteiger partial charge is 0.102 e. The Bertz CT molecular complexity index is 1640. The van der Waals surface area contributed by atoms with Crippen LogP contribution in [0.5, 0.6) is 0 Å². The highest BCUT2D eigenvalue weighted by Crippen LogP contribution is 2.69. The topological polar surface area (TPSA) is 24.9 Å². The molecule has 12 aliphatic rings. The number of nitrogens with zero attached hydrogens (tertiary/aromatic N) is 2. The molecule has 4 heteroatoms. The highest BCUT2D eigenvalue weighted by molar-refractivity contribution is 5.44. The minimum absolute atomic E-state index is 0.229. The molecule has 4 nitrogen and oxygen atoms in total. The van der Waals surface area contributed by atoms with Crippen LogP contribution in [0.15, 0.2) is 71.3 Å². The molecular weight excluding hydrogens is 649 g/mol. The van der Waals surface area contributed by atoms with Gasteiger partial charge in [0.05, 0.1) is 17.9 Å². The third kappa shape index (κ3) is 4.79. The van der Waals surface area contributed by atoms with Gasteiger partial charge in [-0.05, 0) is 150 Å². The van der Waals surface area contributed by atoms with Gasteiger partial charge in [-0.1, -0.05) is 74.6 Å². The van der Waals surface area contributed by atoms with E-state index in [0.717, 1.165) is 23.9 Å². The fraction of sp³-hybridized carbons (Fsp3) is 0.755. The highest BCUT2D eigenvalue weighted by Gasteiger charge is 2.69. The van der Waals surface area contributed by atoms with Crippen molar-refractivity contribution in [3.8, 4) is 0 Å². The van der Waals surface area contributed by atoms with E-state index in [0.29, 0.717) is 59.3 Å². The number of likely N-dealkylation sites (tertiary alicyclic amines) is 1. The summed E-state index contributed by atoms with van der Waals surface area (Å²) in [5.74, 6) is 6.34. The molecule has 12 rings (SSSR count). The van der Waals surface area contributed by atoms with E-state index >= 15 is 0 Å². The number of fused-ring (bicyclic) bond motifs is 13. The molecule has 0 aromatic rings. The van der Waals surface area contributed by atoms with Gasteiger partial charge in [-0.2, -0.15) is 0 Å². The van der Waals surface area contributed by atoms with Gasteiger partial charge in [0.1, 0.15) is 12.2 Å². The zero-order chi connectivity index (χ0) is 34.7. The first-order chi connectivity index (χ1) is 26.3. The normalized spacial score (nSPS) is 49.7. The molecule has 4 heterocycles. The van der Waals surface area contributed by atoms with Crippen LogP contribution in [0.25, 0.3) is 0 Å². The molecule has 15 unspecified atom stereocenters. The largest absolute Gasteiger partial charge is 0.494 e. The van der Waals surface area contributed by atoms with Gasteiger partial charge in [0.15, 0.2) is 0 Å². The van der Waals surface area contributed by atoms with Gasteiger partial charge in [0, 0.05) is 47.3 Å². The minimum Gasteiger partial charge on any atom is -0.494 e. The molecule has 4 aliphatic heterocycles. The summed E-state index contributed by atoms with van der Waals surface area (Å²) in [7, 11) is 0. The Morgan fingerprint density at radius 2 is 1.47 bits per heavy atom. The van der Waals surface area contributed by atoms with Crippen LogP contribution in [0.3, 0.4) is 0 Å². The second-order valence-electron chi connectivity index (χ2n) is 20.0. The molecule has 0 bridgehead atoms. The Morgan fingerprint density at radius 3 is 2.42 bits per heavy atom. The summed E-state index contributed by atoms with van der Waals surface area (Å²) in [5, 5.41) is 0. The monoisotopic (exact) mass is 715 g/mol. The predicted molar refractivity (Wildman–Crippen MR) is 211 cm³/mol. The summed E-state index contributed by atoms with van der Waals surface area (Å²) in [5.41, 5.74) is 5.19. The Kier molecular flexibility index (Phi) is 8.13. The molecule has 0 N–H and O–H groups in total. The minimum atomic E-state index is 0.229. The molecule has 6 fully saturated rings. The summed E-state index contributed by atoms with van der Waals surface area (Å²) in [6.07, 6.45) is 51.2. The average molecular weight is 715 g/mol. The van der Waals surface area contributed by atoms with Gasteiger partial charge in [-0.25, -0.2) is 0 Å². The number of ether oxygens (including phenoxy) is 2. The molecule has 15 atom stereocenters. The van der Waals surface area contributed by atoms with Crippen molar-refractivity contribution < 1.29 is 9.47 Å². The van der Waals surface area contributed by atoms with E-state index in [4.69, 9.17) is 9.47 Å². The predicted octanol–water partition coefficient (Wildman–Crippen LogP) is 10.9. The number of hydrogen-bond acceptors (Lipinski definition) is 4. The lowest BCUT2D eigenvalue weighted by Gasteiger charge is -2.68. The molecule has 1 spiro atoms. The van der Waals surface area contributed by atoms with Gasteiger partial charge < -0.3 is 14.4 Å². The average Bonchev–Trinajstić information content (AvgIpc) is 3.73. The lowest BCUT2D eigenvalue weighted by Crippen LogP contribution is -2.68. The number of hydrogen-bond donors (Lipinski definition) is 0. The van der Waals surface area contributed by atoms with E-state index in [1.165, 1.54) is 147 Å². The van der Waals surface area contributed by atoms with Gasteiger partial charge in [-0.3, -0.25) is 4.90 Å². The van der Waals surface area contributed by atoms with Crippen LogP contribution in [-0.4, -0.2) is 52.3 Å². The van der Waals surface area contributed by atoms with Crippen LogP contribution in [-0.2, 0) is 9.47 Å². The Morgan fingerprint density at radius 1 is 0.660 bits per heavy atom. The second kappa shape index (κ2) is 13.0. The van der Waals surface area contributed by atoms with E-state index < -0.39 is 0 Å². The van der Waals surface area contributed by atoms with Gasteiger partial charge >= 0.3 is 0 Å². The summed E-state index contributed by atoms with van der Waals surface area (Å²) >= 11 is 0. The van der Waals surface area contributed by atoms with Crippen molar-refractivity contribution in [3.63, 3.8) is 0 Å². The molecule has 53 heavy (non-hydrogen) atoms. The number of allylic oxidation sites excluding steroid dienone is 7. The summed E-state index contributed by atoms with van der Waals surface area (Å²) in [4.78, 5) is 6.04. The van der Waals surface area contributed by atoms with Crippen LogP contribution >= 0.6 is 0 Å². The SMILES string of the molecule is C1=CC2=C(CC1)N(C1=CCCC3C1OC1CCCCC1C31C3CCC(N4C5CCC=CC5C5CCCCC54)C=C3OC3CCCCC31)C1C=CCCC21. The van der Waals surface area contributed by atoms with Crippen LogP contribution in [0.1, 0.15) is 141 Å². The molecule has 3 saturated heterocycles. The first-order valence-corrected chi connectivity index (χ1v) is 23.3. The van der Waals surface area contributed by atoms with Gasteiger partial charge in [0.25, 0.3) is 0 Å². The molecule has 0 amide bonds. The summed E-state index contributed by atoms with van der Waals surface area (Å²) in [6, 6.07) is 2.58. The van der Waals surface area contributed by atoms with E-state index in [2.05, 4.69) is 58.4 Å². The van der Waals surface area contributed by atoms with E-state index in [1.54, 1.807) is 17.0 Å². The van der Waals surface area contributed by atoms with E-state index in [1.807, 2.05) is 0 Å². The van der Waals surface area contributed by atoms with Crippen molar-refractivity contribution >= 4 is 0 Å². The third-order valence-corrected chi connectivity index (χ3v) is 18.2.